The summed E-state index contributed by atoms with van der Waals surface area (Å²) in [6.45, 7) is 4.28. The summed E-state index contributed by atoms with van der Waals surface area (Å²) in [4.78, 5) is 14.0. The molecule has 1 aliphatic rings. The normalized spacial score (nSPS) is 16.6. The Morgan fingerprint density at radius 2 is 2.15 bits per heavy atom. The highest BCUT2D eigenvalue weighted by Gasteiger charge is 2.17. The van der Waals surface area contributed by atoms with Crippen LogP contribution in [0.2, 0.25) is 0 Å². The number of nitrogens with one attached hydrogen (secondary N) is 1. The summed E-state index contributed by atoms with van der Waals surface area (Å²) < 4.78 is 5.32. The van der Waals surface area contributed by atoms with E-state index in [4.69, 9.17) is 10.5 Å². The third-order valence-electron chi connectivity index (χ3n) is 3.62. The zero-order valence-electron chi connectivity index (χ0n) is 11.1. The van der Waals surface area contributed by atoms with Crippen LogP contribution in [0, 0.1) is 0 Å². The van der Waals surface area contributed by atoms with Gasteiger partial charge in [-0.1, -0.05) is 6.07 Å². The zero-order valence-corrected chi connectivity index (χ0v) is 11.1. The van der Waals surface area contributed by atoms with Gasteiger partial charge in [0.2, 0.25) is 0 Å². The van der Waals surface area contributed by atoms with Gasteiger partial charge in [-0.15, -0.1) is 0 Å². The minimum Gasteiger partial charge on any atom is -0.379 e. The van der Waals surface area contributed by atoms with Crippen molar-refractivity contribution in [1.82, 2.24) is 20.3 Å². The Hall–Kier alpha value is -1.99. The minimum atomic E-state index is -0.457. The topological polar surface area (TPSA) is 97.1 Å². The van der Waals surface area contributed by atoms with E-state index in [1.807, 2.05) is 12.1 Å². The first-order chi connectivity index (χ1) is 9.75. The van der Waals surface area contributed by atoms with Gasteiger partial charge in [-0.05, 0) is 18.1 Å². The number of nitrogens with two attached hydrogens (primary N) is 1. The van der Waals surface area contributed by atoms with Gasteiger partial charge in [0.05, 0.1) is 18.8 Å². The van der Waals surface area contributed by atoms with Crippen molar-refractivity contribution in [3.8, 4) is 0 Å². The molecule has 0 aliphatic carbocycles. The molecule has 0 unspecified atom stereocenters. The number of amides is 1. The highest BCUT2D eigenvalue weighted by molar-refractivity contribution is 6.05. The van der Waals surface area contributed by atoms with Gasteiger partial charge in [-0.2, -0.15) is 15.4 Å². The molecular weight excluding hydrogens is 258 g/mol. The van der Waals surface area contributed by atoms with Crippen LogP contribution in [0.15, 0.2) is 12.1 Å². The Kier molecular flexibility index (Phi) is 3.62. The van der Waals surface area contributed by atoms with Gasteiger partial charge in [0.25, 0.3) is 5.91 Å². The van der Waals surface area contributed by atoms with Crippen molar-refractivity contribution in [2.45, 2.75) is 6.42 Å². The number of H-pyrrole nitrogens is 1. The molecule has 1 saturated heterocycles. The standard InChI is InChI=1S/C13H17N5O2/c14-13(19)11-9(1-2-10-12(11)16-17-15-10)3-4-18-5-7-20-8-6-18/h1-2H,3-8H2,(H2,14,19)(H,15,16,17). The molecule has 3 N–H and O–H groups in total. The minimum absolute atomic E-state index is 0.457. The molecule has 3 rings (SSSR count). The SMILES string of the molecule is NC(=O)c1c(CCN2CCOCC2)ccc2n[nH]nc12. The Morgan fingerprint density at radius 3 is 2.90 bits per heavy atom. The monoisotopic (exact) mass is 275 g/mol. The molecule has 1 fully saturated rings. The lowest BCUT2D eigenvalue weighted by molar-refractivity contribution is 0.0384. The van der Waals surface area contributed by atoms with Crippen LogP contribution in [0.3, 0.4) is 0 Å². The fourth-order valence-electron chi connectivity index (χ4n) is 2.54. The fraction of sp³-hybridized carbons (Fsp3) is 0.462. The average Bonchev–Trinajstić information content (AvgIpc) is 2.93. The van der Waals surface area contributed by atoms with Gasteiger partial charge in [-0.3, -0.25) is 9.69 Å². The van der Waals surface area contributed by atoms with Gasteiger partial charge in [0, 0.05) is 19.6 Å². The molecule has 2 heterocycles. The molecule has 0 saturated carbocycles. The van der Waals surface area contributed by atoms with E-state index in [0.29, 0.717) is 16.6 Å². The molecule has 1 amide bonds. The van der Waals surface area contributed by atoms with E-state index in [2.05, 4.69) is 20.3 Å². The van der Waals surface area contributed by atoms with Crippen molar-refractivity contribution in [2.75, 3.05) is 32.8 Å². The lowest BCUT2D eigenvalue weighted by Gasteiger charge is -2.26. The van der Waals surface area contributed by atoms with Crippen LogP contribution in [0.5, 0.6) is 0 Å². The molecule has 1 aromatic heterocycles. The average molecular weight is 275 g/mol. The molecule has 0 bridgehead atoms. The molecule has 0 radical (unpaired) electrons. The Morgan fingerprint density at radius 1 is 1.35 bits per heavy atom. The van der Waals surface area contributed by atoms with E-state index in [9.17, 15) is 4.79 Å². The first-order valence-corrected chi connectivity index (χ1v) is 6.68. The molecule has 0 atom stereocenters. The van der Waals surface area contributed by atoms with Crippen LogP contribution in [-0.4, -0.2) is 59.1 Å². The maximum Gasteiger partial charge on any atom is 0.251 e. The number of nitrogens with zero attached hydrogens (tertiary/aromatic N) is 3. The molecule has 106 valence electrons. The summed E-state index contributed by atoms with van der Waals surface area (Å²) in [6.07, 6.45) is 0.765. The maximum absolute atomic E-state index is 11.7. The number of morpholine rings is 1. The number of ether oxygens (including phenoxy) is 1. The largest absolute Gasteiger partial charge is 0.379 e. The molecule has 20 heavy (non-hydrogen) atoms. The summed E-state index contributed by atoms with van der Waals surface area (Å²) in [5.74, 6) is -0.457. The van der Waals surface area contributed by atoms with E-state index in [-0.39, 0.29) is 0 Å². The zero-order chi connectivity index (χ0) is 13.9. The number of aromatic amines is 1. The highest BCUT2D eigenvalue weighted by atomic mass is 16.5. The van der Waals surface area contributed by atoms with Gasteiger partial charge in [0.1, 0.15) is 11.0 Å². The number of hydrogen-bond acceptors (Lipinski definition) is 5. The molecule has 2 aromatic rings. The number of benzene rings is 1. The third-order valence-corrected chi connectivity index (χ3v) is 3.62. The smallest absolute Gasteiger partial charge is 0.251 e. The Balaban J connectivity index is 1.82. The van der Waals surface area contributed by atoms with Crippen molar-refractivity contribution in [3.05, 3.63) is 23.3 Å². The third kappa shape index (κ3) is 2.50. The lowest BCUT2D eigenvalue weighted by atomic mass is 10.0. The summed E-state index contributed by atoms with van der Waals surface area (Å²) in [5, 5.41) is 10.5. The molecular formula is C13H17N5O2. The first-order valence-electron chi connectivity index (χ1n) is 6.68. The van der Waals surface area contributed by atoms with E-state index in [1.165, 1.54) is 0 Å². The number of carbonyl (C=O) groups is 1. The maximum atomic E-state index is 11.7. The Bertz CT molecular complexity index is 618. The van der Waals surface area contributed by atoms with Crippen LogP contribution >= 0.6 is 0 Å². The summed E-state index contributed by atoms with van der Waals surface area (Å²) >= 11 is 0. The van der Waals surface area contributed by atoms with Crippen LogP contribution in [-0.2, 0) is 11.2 Å². The molecule has 0 spiro atoms. The van der Waals surface area contributed by atoms with E-state index in [0.717, 1.165) is 44.8 Å². The van der Waals surface area contributed by atoms with Crippen LogP contribution in [0.4, 0.5) is 0 Å². The quantitative estimate of drug-likeness (QED) is 0.814. The molecule has 1 aliphatic heterocycles. The van der Waals surface area contributed by atoms with E-state index in [1.54, 1.807) is 0 Å². The van der Waals surface area contributed by atoms with Crippen molar-refractivity contribution >= 4 is 16.9 Å². The van der Waals surface area contributed by atoms with Crippen LogP contribution in [0.1, 0.15) is 15.9 Å². The second-order valence-electron chi connectivity index (χ2n) is 4.86. The van der Waals surface area contributed by atoms with Crippen LogP contribution < -0.4 is 5.73 Å². The van der Waals surface area contributed by atoms with Gasteiger partial charge >= 0.3 is 0 Å². The van der Waals surface area contributed by atoms with Crippen LogP contribution in [0.25, 0.3) is 11.0 Å². The van der Waals surface area contributed by atoms with Gasteiger partial charge in [-0.25, -0.2) is 0 Å². The van der Waals surface area contributed by atoms with E-state index >= 15 is 0 Å². The number of fused-ring (bicyclic) bond motifs is 1. The lowest BCUT2D eigenvalue weighted by Crippen LogP contribution is -2.37. The number of aromatic nitrogens is 3. The molecule has 7 nitrogen and oxygen atoms in total. The molecule has 1 aromatic carbocycles. The fourth-order valence-corrected chi connectivity index (χ4v) is 2.54. The summed E-state index contributed by atoms with van der Waals surface area (Å²) in [7, 11) is 0. The van der Waals surface area contributed by atoms with Crippen molar-refractivity contribution < 1.29 is 9.53 Å². The number of hydrogen-bond donors (Lipinski definition) is 2. The van der Waals surface area contributed by atoms with E-state index < -0.39 is 5.91 Å². The summed E-state index contributed by atoms with van der Waals surface area (Å²) in [6, 6.07) is 3.77. The second-order valence-corrected chi connectivity index (χ2v) is 4.86. The first kappa shape index (κ1) is 13.0. The highest BCUT2D eigenvalue weighted by Crippen LogP contribution is 2.19. The number of rotatable bonds is 4. The van der Waals surface area contributed by atoms with Crippen molar-refractivity contribution in [3.63, 3.8) is 0 Å². The Labute approximate surface area is 116 Å². The second kappa shape index (κ2) is 5.56. The van der Waals surface area contributed by atoms with Gasteiger partial charge in [0.15, 0.2) is 0 Å². The number of carbonyl (C=O) groups excluding carboxylic acids is 1. The predicted octanol–water partition coefficient (Wildman–Crippen LogP) is -0.0685. The predicted molar refractivity (Wildman–Crippen MR) is 73.4 cm³/mol. The van der Waals surface area contributed by atoms with Crippen molar-refractivity contribution in [2.24, 2.45) is 5.73 Å². The number of primary amides is 1. The summed E-state index contributed by atoms with van der Waals surface area (Å²) in [5.41, 5.74) is 8.11. The molecule has 7 heteroatoms. The van der Waals surface area contributed by atoms with Crippen molar-refractivity contribution in [1.29, 1.82) is 0 Å². The van der Waals surface area contributed by atoms with Gasteiger partial charge < -0.3 is 10.5 Å².